The SMILES string of the molecule is CCC=C(c1ccc(OCCN2CCCC2)cc1)c1ccc(OCCN2CCCC2)cc1. The van der Waals surface area contributed by atoms with Crippen molar-refractivity contribution in [2.75, 3.05) is 52.5 Å². The van der Waals surface area contributed by atoms with E-state index in [1.165, 1.54) is 68.6 Å². The van der Waals surface area contributed by atoms with Crippen LogP contribution in [0.25, 0.3) is 5.57 Å². The molecule has 0 saturated carbocycles. The molecule has 0 radical (unpaired) electrons. The van der Waals surface area contributed by atoms with Gasteiger partial charge in [-0.15, -0.1) is 0 Å². The van der Waals surface area contributed by atoms with Gasteiger partial charge in [0.1, 0.15) is 24.7 Å². The lowest BCUT2D eigenvalue weighted by molar-refractivity contribution is 0.237. The molecule has 2 aromatic carbocycles. The number of hydrogen-bond donors (Lipinski definition) is 0. The molecule has 4 nitrogen and oxygen atoms in total. The van der Waals surface area contributed by atoms with Gasteiger partial charge in [-0.2, -0.15) is 0 Å². The summed E-state index contributed by atoms with van der Waals surface area (Å²) >= 11 is 0. The van der Waals surface area contributed by atoms with Gasteiger partial charge < -0.3 is 9.47 Å². The third-order valence-electron chi connectivity index (χ3n) is 6.49. The van der Waals surface area contributed by atoms with Crippen molar-refractivity contribution in [2.24, 2.45) is 0 Å². The van der Waals surface area contributed by atoms with E-state index in [1.807, 2.05) is 0 Å². The van der Waals surface area contributed by atoms with E-state index in [4.69, 9.17) is 9.47 Å². The third-order valence-corrected chi connectivity index (χ3v) is 6.49. The molecule has 2 aliphatic rings. The van der Waals surface area contributed by atoms with E-state index in [0.717, 1.165) is 44.2 Å². The topological polar surface area (TPSA) is 24.9 Å². The van der Waals surface area contributed by atoms with Crippen molar-refractivity contribution in [1.29, 1.82) is 0 Å². The second-order valence-corrected chi connectivity index (χ2v) is 8.87. The zero-order chi connectivity index (χ0) is 22.0. The van der Waals surface area contributed by atoms with E-state index in [1.54, 1.807) is 0 Å². The fourth-order valence-electron chi connectivity index (χ4n) is 4.67. The molecular weight excluding hydrogens is 396 g/mol. The van der Waals surface area contributed by atoms with Crippen LogP contribution in [-0.4, -0.2) is 62.3 Å². The molecule has 2 saturated heterocycles. The van der Waals surface area contributed by atoms with Gasteiger partial charge in [-0.05, 0) is 99.2 Å². The van der Waals surface area contributed by atoms with E-state index in [2.05, 4.69) is 71.3 Å². The van der Waals surface area contributed by atoms with Gasteiger partial charge in [0, 0.05) is 13.1 Å². The van der Waals surface area contributed by atoms with Crippen LogP contribution in [0.4, 0.5) is 0 Å². The predicted molar refractivity (Wildman–Crippen MR) is 133 cm³/mol. The average Bonchev–Trinajstić information content (AvgIpc) is 3.53. The maximum absolute atomic E-state index is 5.98. The summed E-state index contributed by atoms with van der Waals surface area (Å²) in [4.78, 5) is 4.96. The molecule has 2 fully saturated rings. The molecule has 32 heavy (non-hydrogen) atoms. The normalized spacial score (nSPS) is 16.9. The first-order chi connectivity index (χ1) is 15.8. The lowest BCUT2D eigenvalue weighted by Crippen LogP contribution is -2.25. The van der Waals surface area contributed by atoms with Crippen LogP contribution < -0.4 is 9.47 Å². The lowest BCUT2D eigenvalue weighted by Gasteiger charge is -2.16. The number of allylic oxidation sites excluding steroid dienone is 1. The first kappa shape index (κ1) is 22.9. The van der Waals surface area contributed by atoms with E-state index in [9.17, 15) is 0 Å². The average molecular weight is 435 g/mol. The smallest absolute Gasteiger partial charge is 0.119 e. The summed E-state index contributed by atoms with van der Waals surface area (Å²) in [5.74, 6) is 1.90. The highest BCUT2D eigenvalue weighted by Gasteiger charge is 2.12. The highest BCUT2D eigenvalue weighted by molar-refractivity contribution is 5.80. The Morgan fingerprint density at radius 2 is 1.09 bits per heavy atom. The molecule has 2 aliphatic heterocycles. The minimum absolute atomic E-state index is 0.760. The van der Waals surface area contributed by atoms with Crippen molar-refractivity contribution in [3.05, 3.63) is 65.7 Å². The van der Waals surface area contributed by atoms with E-state index in [0.29, 0.717) is 0 Å². The molecule has 0 atom stereocenters. The summed E-state index contributed by atoms with van der Waals surface area (Å²) in [6.45, 7) is 10.6. The van der Waals surface area contributed by atoms with Crippen LogP contribution in [0.2, 0.25) is 0 Å². The number of hydrogen-bond acceptors (Lipinski definition) is 4. The molecule has 4 rings (SSSR count). The van der Waals surface area contributed by atoms with Gasteiger partial charge in [0.25, 0.3) is 0 Å². The summed E-state index contributed by atoms with van der Waals surface area (Å²) in [5, 5.41) is 0. The van der Waals surface area contributed by atoms with Crippen molar-refractivity contribution in [3.63, 3.8) is 0 Å². The molecule has 172 valence electrons. The molecule has 0 spiro atoms. The van der Waals surface area contributed by atoms with E-state index >= 15 is 0 Å². The Balaban J connectivity index is 1.31. The molecule has 4 heteroatoms. The van der Waals surface area contributed by atoms with Crippen molar-refractivity contribution in [1.82, 2.24) is 9.80 Å². The fraction of sp³-hybridized carbons (Fsp3) is 0.500. The summed E-state index contributed by atoms with van der Waals surface area (Å²) in [7, 11) is 0. The van der Waals surface area contributed by atoms with Gasteiger partial charge in [0.05, 0.1) is 0 Å². The van der Waals surface area contributed by atoms with Gasteiger partial charge in [0.2, 0.25) is 0 Å². The monoisotopic (exact) mass is 434 g/mol. The highest BCUT2D eigenvalue weighted by Crippen LogP contribution is 2.27. The Labute approximate surface area is 193 Å². The van der Waals surface area contributed by atoms with E-state index in [-0.39, 0.29) is 0 Å². The molecular formula is C28H38N2O2. The van der Waals surface area contributed by atoms with Crippen LogP contribution in [0.3, 0.4) is 0 Å². The van der Waals surface area contributed by atoms with Crippen LogP contribution in [0.1, 0.15) is 50.2 Å². The van der Waals surface area contributed by atoms with E-state index < -0.39 is 0 Å². The van der Waals surface area contributed by atoms with Crippen molar-refractivity contribution >= 4 is 5.57 Å². The Hall–Kier alpha value is -2.30. The molecule has 0 N–H and O–H groups in total. The Kier molecular flexibility index (Phi) is 8.63. The largest absolute Gasteiger partial charge is 0.492 e. The van der Waals surface area contributed by atoms with Gasteiger partial charge in [-0.25, -0.2) is 0 Å². The number of nitrogens with zero attached hydrogens (tertiary/aromatic N) is 2. The number of ether oxygens (including phenoxy) is 2. The quantitative estimate of drug-likeness (QED) is 0.468. The van der Waals surface area contributed by atoms with Gasteiger partial charge in [0.15, 0.2) is 0 Å². The first-order valence-corrected chi connectivity index (χ1v) is 12.4. The molecule has 0 aromatic heterocycles. The maximum Gasteiger partial charge on any atom is 0.119 e. The standard InChI is InChI=1S/C28H38N2O2/c1-2-7-28(24-8-12-26(13-9-24)31-22-20-29-16-3-4-17-29)25-10-14-27(15-11-25)32-23-21-30-18-5-6-19-30/h7-15H,2-6,16-23H2,1H3. The van der Waals surface area contributed by atoms with Crippen LogP contribution in [0.15, 0.2) is 54.6 Å². The Morgan fingerprint density at radius 1 is 0.688 bits per heavy atom. The van der Waals surface area contributed by atoms with Crippen LogP contribution in [0.5, 0.6) is 11.5 Å². The number of likely N-dealkylation sites (tertiary alicyclic amines) is 2. The minimum atomic E-state index is 0.760. The Morgan fingerprint density at radius 3 is 1.47 bits per heavy atom. The van der Waals surface area contributed by atoms with Crippen LogP contribution >= 0.6 is 0 Å². The highest BCUT2D eigenvalue weighted by atomic mass is 16.5. The second kappa shape index (κ2) is 12.1. The van der Waals surface area contributed by atoms with Crippen LogP contribution in [-0.2, 0) is 0 Å². The van der Waals surface area contributed by atoms with Gasteiger partial charge in [-0.3, -0.25) is 9.80 Å². The first-order valence-electron chi connectivity index (χ1n) is 12.4. The number of benzene rings is 2. The fourth-order valence-corrected chi connectivity index (χ4v) is 4.67. The summed E-state index contributed by atoms with van der Waals surface area (Å²) in [6, 6.07) is 17.1. The maximum atomic E-state index is 5.98. The molecule has 0 unspecified atom stereocenters. The minimum Gasteiger partial charge on any atom is -0.492 e. The molecule has 0 aliphatic carbocycles. The molecule has 2 heterocycles. The van der Waals surface area contributed by atoms with Crippen molar-refractivity contribution in [3.8, 4) is 11.5 Å². The molecule has 2 aromatic rings. The summed E-state index contributed by atoms with van der Waals surface area (Å²) < 4.78 is 12.0. The van der Waals surface area contributed by atoms with Gasteiger partial charge >= 0.3 is 0 Å². The van der Waals surface area contributed by atoms with Crippen molar-refractivity contribution in [2.45, 2.75) is 39.0 Å². The summed E-state index contributed by atoms with van der Waals surface area (Å²) in [6.07, 6.45) is 8.60. The lowest BCUT2D eigenvalue weighted by atomic mass is 9.97. The molecule has 0 bridgehead atoms. The third kappa shape index (κ3) is 6.60. The van der Waals surface area contributed by atoms with Gasteiger partial charge in [-0.1, -0.05) is 37.3 Å². The predicted octanol–water partition coefficient (Wildman–Crippen LogP) is 5.48. The van der Waals surface area contributed by atoms with Crippen LogP contribution in [0, 0.1) is 0 Å². The second-order valence-electron chi connectivity index (χ2n) is 8.87. The zero-order valence-electron chi connectivity index (χ0n) is 19.6. The zero-order valence-corrected chi connectivity index (χ0v) is 19.6. The Bertz CT molecular complexity index is 765. The van der Waals surface area contributed by atoms with Crippen molar-refractivity contribution < 1.29 is 9.47 Å². The molecule has 0 amide bonds. The number of rotatable bonds is 11. The summed E-state index contributed by atoms with van der Waals surface area (Å²) in [5.41, 5.74) is 3.71.